The van der Waals surface area contributed by atoms with E-state index in [9.17, 15) is 29.1 Å². The van der Waals surface area contributed by atoms with Crippen LogP contribution < -0.4 is 5.32 Å². The molecule has 1 amide bonds. The van der Waals surface area contributed by atoms with Crippen LogP contribution in [0.3, 0.4) is 0 Å². The van der Waals surface area contributed by atoms with Crippen LogP contribution in [0.4, 0.5) is 0 Å². The van der Waals surface area contributed by atoms with Gasteiger partial charge in [0.2, 0.25) is 0 Å². The van der Waals surface area contributed by atoms with Crippen LogP contribution in [0.2, 0.25) is 0 Å². The van der Waals surface area contributed by atoms with Crippen LogP contribution in [0.1, 0.15) is 41.0 Å². The van der Waals surface area contributed by atoms with Gasteiger partial charge in [-0.15, -0.1) is 0 Å². The highest BCUT2D eigenvalue weighted by Crippen LogP contribution is 2.15. The Morgan fingerprint density at radius 2 is 1.66 bits per heavy atom. The van der Waals surface area contributed by atoms with Crippen molar-refractivity contribution in [1.82, 2.24) is 5.32 Å². The number of carbonyl (C=O) groups excluding carboxylic acids is 4. The number of hydrogen-bond acceptors (Lipinski definition) is 8. The molecule has 29 heavy (non-hydrogen) atoms. The van der Waals surface area contributed by atoms with Crippen LogP contribution in [0, 0.1) is 5.92 Å². The molecule has 1 aromatic rings. The summed E-state index contributed by atoms with van der Waals surface area (Å²) in [5.74, 6) is -6.35. The Hall–Kier alpha value is -3.43. The molecule has 0 unspecified atom stereocenters. The molecule has 0 aliphatic heterocycles. The average molecular weight is 409 g/mol. The van der Waals surface area contributed by atoms with Crippen LogP contribution in [-0.4, -0.2) is 61.3 Å². The van der Waals surface area contributed by atoms with E-state index in [0.29, 0.717) is 0 Å². The lowest BCUT2D eigenvalue weighted by atomic mass is 9.95. The van der Waals surface area contributed by atoms with Crippen molar-refractivity contribution in [2.24, 2.45) is 5.92 Å². The van der Waals surface area contributed by atoms with Crippen molar-refractivity contribution in [3.63, 3.8) is 0 Å². The number of ether oxygens (including phenoxy) is 3. The summed E-state index contributed by atoms with van der Waals surface area (Å²) in [6.07, 6.45) is -0.591. The summed E-state index contributed by atoms with van der Waals surface area (Å²) >= 11 is 0. The molecule has 0 aliphatic carbocycles. The second-order valence-electron chi connectivity index (χ2n) is 5.73. The Balaban J connectivity index is 3.13. The van der Waals surface area contributed by atoms with E-state index in [1.807, 2.05) is 0 Å². The molecule has 0 radical (unpaired) electrons. The molecule has 0 saturated heterocycles. The quantitative estimate of drug-likeness (QED) is 0.423. The van der Waals surface area contributed by atoms with Gasteiger partial charge in [-0.1, -0.05) is 6.07 Å². The highest BCUT2D eigenvalue weighted by Gasteiger charge is 2.38. The van der Waals surface area contributed by atoms with Crippen molar-refractivity contribution >= 4 is 29.8 Å². The van der Waals surface area contributed by atoms with E-state index in [1.165, 1.54) is 38.3 Å². The van der Waals surface area contributed by atoms with Gasteiger partial charge in [0.05, 0.1) is 38.2 Å². The summed E-state index contributed by atoms with van der Waals surface area (Å²) in [6.45, 7) is 3.08. The number of amides is 1. The predicted octanol–water partition coefficient (Wildman–Crippen LogP) is 0.789. The van der Waals surface area contributed by atoms with Crippen LogP contribution in [0.25, 0.3) is 0 Å². The first kappa shape index (κ1) is 23.6. The van der Waals surface area contributed by atoms with Gasteiger partial charge in [0, 0.05) is 5.56 Å². The number of benzene rings is 1. The van der Waals surface area contributed by atoms with Crippen molar-refractivity contribution in [2.75, 3.05) is 20.3 Å². The smallest absolute Gasteiger partial charge is 0.337 e. The van der Waals surface area contributed by atoms with Gasteiger partial charge in [0.15, 0.2) is 0 Å². The Labute approximate surface area is 167 Å². The van der Waals surface area contributed by atoms with E-state index in [4.69, 9.17) is 9.47 Å². The van der Waals surface area contributed by atoms with Crippen LogP contribution >= 0.6 is 0 Å². The fraction of sp³-hybridized carbons (Fsp3) is 0.421. The third-order valence-corrected chi connectivity index (χ3v) is 3.78. The number of methoxy groups -OCH3 is 1. The summed E-state index contributed by atoms with van der Waals surface area (Å²) in [4.78, 5) is 59.9. The number of rotatable bonds is 10. The fourth-order valence-corrected chi connectivity index (χ4v) is 2.45. The number of carbonyl (C=O) groups is 5. The van der Waals surface area contributed by atoms with Gasteiger partial charge >= 0.3 is 23.9 Å². The highest BCUT2D eigenvalue weighted by atomic mass is 16.5. The highest BCUT2D eigenvalue weighted by molar-refractivity contribution is 6.00. The van der Waals surface area contributed by atoms with Crippen LogP contribution in [0.15, 0.2) is 24.3 Å². The van der Waals surface area contributed by atoms with Crippen molar-refractivity contribution in [1.29, 1.82) is 0 Å². The second-order valence-corrected chi connectivity index (χ2v) is 5.73. The zero-order chi connectivity index (χ0) is 22.0. The van der Waals surface area contributed by atoms with E-state index >= 15 is 0 Å². The average Bonchev–Trinajstić information content (AvgIpc) is 2.70. The van der Waals surface area contributed by atoms with Gasteiger partial charge in [0.1, 0.15) is 6.04 Å². The molecule has 0 aromatic heterocycles. The minimum Gasteiger partial charge on any atom is -0.480 e. The zero-order valence-electron chi connectivity index (χ0n) is 16.3. The van der Waals surface area contributed by atoms with E-state index in [-0.39, 0.29) is 24.3 Å². The van der Waals surface area contributed by atoms with Crippen molar-refractivity contribution in [3.05, 3.63) is 35.4 Å². The molecular formula is C19H23NO9. The maximum atomic E-state index is 12.5. The molecule has 0 saturated carbocycles. The molecule has 0 heterocycles. The number of carboxylic acids is 1. The molecule has 158 valence electrons. The van der Waals surface area contributed by atoms with Crippen molar-refractivity contribution < 1.29 is 43.3 Å². The Morgan fingerprint density at radius 1 is 1.03 bits per heavy atom. The molecular weight excluding hydrogens is 386 g/mol. The minimum atomic E-state index is -1.76. The van der Waals surface area contributed by atoms with Crippen molar-refractivity contribution in [3.8, 4) is 0 Å². The topological polar surface area (TPSA) is 145 Å². The lowest BCUT2D eigenvalue weighted by Gasteiger charge is -2.23. The maximum absolute atomic E-state index is 12.5. The van der Waals surface area contributed by atoms with Gasteiger partial charge < -0.3 is 24.6 Å². The van der Waals surface area contributed by atoms with Crippen LogP contribution in [0.5, 0.6) is 0 Å². The summed E-state index contributed by atoms with van der Waals surface area (Å²) in [7, 11) is 1.18. The predicted molar refractivity (Wildman–Crippen MR) is 98.0 cm³/mol. The van der Waals surface area contributed by atoms with E-state index < -0.39 is 48.2 Å². The first-order valence-corrected chi connectivity index (χ1v) is 8.79. The SMILES string of the molecule is CCOC(=O)C[C@H](C(=O)OCC)[C@H](NC(=O)c1cccc(C(=O)OC)c1)C(=O)O. The summed E-state index contributed by atoms with van der Waals surface area (Å²) < 4.78 is 14.2. The Bertz CT molecular complexity index is 775. The summed E-state index contributed by atoms with van der Waals surface area (Å²) in [5, 5.41) is 11.7. The van der Waals surface area contributed by atoms with E-state index in [1.54, 1.807) is 6.92 Å². The number of aliphatic carboxylic acids is 1. The standard InChI is InChI=1S/C19H23NO9/c1-4-28-14(21)10-13(19(26)29-5-2)15(17(23)24)20-16(22)11-7-6-8-12(9-11)18(25)27-3/h6-9,13,15H,4-5,10H2,1-3H3,(H,20,22)(H,23,24)/t13-,15-/m0/s1. The third kappa shape index (κ3) is 6.91. The maximum Gasteiger partial charge on any atom is 0.337 e. The molecule has 0 aliphatic rings. The number of esters is 3. The molecule has 0 fully saturated rings. The molecule has 1 rings (SSSR count). The lowest BCUT2D eigenvalue weighted by molar-refractivity contribution is -0.159. The second kappa shape index (κ2) is 11.4. The molecule has 10 nitrogen and oxygen atoms in total. The molecule has 0 bridgehead atoms. The van der Waals surface area contributed by atoms with Gasteiger partial charge in [0.25, 0.3) is 5.91 Å². The lowest BCUT2D eigenvalue weighted by Crippen LogP contribution is -2.49. The third-order valence-electron chi connectivity index (χ3n) is 3.78. The van der Waals surface area contributed by atoms with Gasteiger partial charge in [-0.05, 0) is 32.0 Å². The van der Waals surface area contributed by atoms with Gasteiger partial charge in [-0.25, -0.2) is 9.59 Å². The Morgan fingerprint density at radius 3 is 2.21 bits per heavy atom. The Kier molecular flexibility index (Phi) is 9.30. The van der Waals surface area contributed by atoms with E-state index in [2.05, 4.69) is 10.1 Å². The largest absolute Gasteiger partial charge is 0.480 e. The molecule has 0 spiro atoms. The normalized spacial score (nSPS) is 12.2. The zero-order valence-corrected chi connectivity index (χ0v) is 16.3. The summed E-state index contributed by atoms with van der Waals surface area (Å²) in [5.41, 5.74) is 0.0541. The number of nitrogens with one attached hydrogen (secondary N) is 1. The number of carboxylic acid groups (broad SMARTS) is 1. The molecule has 2 N–H and O–H groups in total. The van der Waals surface area contributed by atoms with Gasteiger partial charge in [-0.2, -0.15) is 0 Å². The first-order chi connectivity index (χ1) is 13.7. The van der Waals surface area contributed by atoms with Gasteiger partial charge in [-0.3, -0.25) is 14.4 Å². The monoisotopic (exact) mass is 409 g/mol. The molecule has 2 atom stereocenters. The molecule has 10 heteroatoms. The summed E-state index contributed by atoms with van der Waals surface area (Å²) in [6, 6.07) is 3.64. The van der Waals surface area contributed by atoms with Crippen LogP contribution in [-0.2, 0) is 28.6 Å². The van der Waals surface area contributed by atoms with Crippen molar-refractivity contribution in [2.45, 2.75) is 26.3 Å². The minimum absolute atomic E-state index is 0.0297. The number of hydrogen-bond donors (Lipinski definition) is 2. The fourth-order valence-electron chi connectivity index (χ4n) is 2.45. The van der Waals surface area contributed by atoms with E-state index in [0.717, 1.165) is 0 Å². The molecule has 1 aromatic carbocycles. The first-order valence-electron chi connectivity index (χ1n) is 8.79.